The Morgan fingerprint density at radius 3 is 2.61 bits per heavy atom. The van der Waals surface area contributed by atoms with E-state index in [2.05, 4.69) is 15.9 Å². The van der Waals surface area contributed by atoms with Crippen LogP contribution in [0.5, 0.6) is 5.75 Å². The van der Waals surface area contributed by atoms with E-state index in [9.17, 15) is 24.0 Å². The van der Waals surface area contributed by atoms with Crippen LogP contribution in [0.1, 0.15) is 18.6 Å². The molecule has 0 heterocycles. The lowest BCUT2D eigenvalue weighted by Gasteiger charge is -2.13. The van der Waals surface area contributed by atoms with Crippen molar-refractivity contribution in [3.63, 3.8) is 0 Å². The summed E-state index contributed by atoms with van der Waals surface area (Å²) < 4.78 is 29.3. The van der Waals surface area contributed by atoms with E-state index in [0.29, 0.717) is 4.47 Å². The van der Waals surface area contributed by atoms with Gasteiger partial charge in [0.2, 0.25) is 5.75 Å². The SMILES string of the molecule is C[C@@H](O)c1cc(Br)cc([N+](=O)[O-])c1OCC(F)F. The molecule has 100 valence electrons. The van der Waals surface area contributed by atoms with Crippen molar-refractivity contribution in [2.24, 2.45) is 0 Å². The fourth-order valence-corrected chi connectivity index (χ4v) is 1.81. The molecule has 0 fully saturated rings. The predicted octanol–water partition coefficient (Wildman–Crippen LogP) is 3.05. The number of nitrogens with zero attached hydrogens (tertiary/aromatic N) is 1. The van der Waals surface area contributed by atoms with Gasteiger partial charge in [0.1, 0.15) is 6.61 Å². The number of aliphatic hydroxyl groups is 1. The van der Waals surface area contributed by atoms with Crippen LogP contribution in [-0.4, -0.2) is 23.1 Å². The first kappa shape index (κ1) is 14.8. The van der Waals surface area contributed by atoms with Crippen molar-refractivity contribution in [3.8, 4) is 5.75 Å². The summed E-state index contributed by atoms with van der Waals surface area (Å²) in [5.41, 5.74) is -0.391. The standard InChI is InChI=1S/C10H10BrF2NO4/c1-5(15)7-2-6(11)3-8(14(16)17)10(7)18-4-9(12)13/h2-3,5,9,15H,4H2,1H3/t5-/m1/s1. The topological polar surface area (TPSA) is 72.6 Å². The average Bonchev–Trinajstić information content (AvgIpc) is 2.25. The van der Waals surface area contributed by atoms with Crippen LogP contribution in [0.15, 0.2) is 16.6 Å². The van der Waals surface area contributed by atoms with Crippen LogP contribution in [0.3, 0.4) is 0 Å². The summed E-state index contributed by atoms with van der Waals surface area (Å²) in [6, 6.07) is 2.52. The molecule has 0 saturated carbocycles. The lowest BCUT2D eigenvalue weighted by Crippen LogP contribution is -2.11. The van der Waals surface area contributed by atoms with Gasteiger partial charge in [0.15, 0.2) is 0 Å². The maximum Gasteiger partial charge on any atom is 0.312 e. The van der Waals surface area contributed by atoms with Crippen molar-refractivity contribution in [1.29, 1.82) is 0 Å². The van der Waals surface area contributed by atoms with Crippen LogP contribution in [0.4, 0.5) is 14.5 Å². The quantitative estimate of drug-likeness (QED) is 0.667. The number of benzene rings is 1. The summed E-state index contributed by atoms with van der Waals surface area (Å²) in [6.07, 6.45) is -3.83. The van der Waals surface area contributed by atoms with Crippen molar-refractivity contribution in [2.45, 2.75) is 19.5 Å². The first-order valence-corrected chi connectivity index (χ1v) is 5.69. The van der Waals surface area contributed by atoms with Crippen LogP contribution >= 0.6 is 15.9 Å². The van der Waals surface area contributed by atoms with Crippen LogP contribution in [-0.2, 0) is 0 Å². The van der Waals surface area contributed by atoms with E-state index < -0.39 is 29.7 Å². The number of aliphatic hydroxyl groups excluding tert-OH is 1. The largest absolute Gasteiger partial charge is 0.480 e. The number of halogens is 3. The molecule has 1 rings (SSSR count). The highest BCUT2D eigenvalue weighted by molar-refractivity contribution is 9.10. The number of hydrogen-bond donors (Lipinski definition) is 1. The molecule has 0 aliphatic carbocycles. The van der Waals surface area contributed by atoms with E-state index >= 15 is 0 Å². The molecular formula is C10H10BrF2NO4. The molecule has 0 unspecified atom stereocenters. The molecule has 0 amide bonds. The maximum absolute atomic E-state index is 12.1. The number of hydrogen-bond acceptors (Lipinski definition) is 4. The molecule has 8 heteroatoms. The summed E-state index contributed by atoms with van der Waals surface area (Å²) in [4.78, 5) is 10.1. The highest BCUT2D eigenvalue weighted by Gasteiger charge is 2.24. The molecule has 0 bridgehead atoms. The lowest BCUT2D eigenvalue weighted by molar-refractivity contribution is -0.386. The molecular weight excluding hydrogens is 316 g/mol. The Hall–Kier alpha value is -1.28. The van der Waals surface area contributed by atoms with Crippen LogP contribution in [0.25, 0.3) is 0 Å². The predicted molar refractivity (Wildman–Crippen MR) is 62.9 cm³/mol. The van der Waals surface area contributed by atoms with Crippen LogP contribution < -0.4 is 4.74 Å². The normalized spacial score (nSPS) is 12.6. The smallest absolute Gasteiger partial charge is 0.312 e. The highest BCUT2D eigenvalue weighted by Crippen LogP contribution is 2.37. The van der Waals surface area contributed by atoms with E-state index in [1.807, 2.05) is 0 Å². The molecule has 1 atom stereocenters. The third-order valence-corrected chi connectivity index (χ3v) is 2.52. The van der Waals surface area contributed by atoms with Gasteiger partial charge in [-0.15, -0.1) is 0 Å². The Morgan fingerprint density at radius 2 is 2.17 bits per heavy atom. The van der Waals surface area contributed by atoms with E-state index in [4.69, 9.17) is 4.74 Å². The first-order chi connectivity index (χ1) is 8.32. The minimum atomic E-state index is -2.75. The Kier molecular flexibility index (Phi) is 4.97. The van der Waals surface area contributed by atoms with Gasteiger partial charge in [-0.2, -0.15) is 0 Å². The van der Waals surface area contributed by atoms with Gasteiger partial charge in [0.05, 0.1) is 11.0 Å². The van der Waals surface area contributed by atoms with Gasteiger partial charge in [0, 0.05) is 16.1 Å². The fourth-order valence-electron chi connectivity index (χ4n) is 1.35. The highest BCUT2D eigenvalue weighted by atomic mass is 79.9. The molecule has 0 aliphatic heterocycles. The number of alkyl halides is 2. The third-order valence-electron chi connectivity index (χ3n) is 2.06. The zero-order chi connectivity index (χ0) is 13.9. The number of rotatable bonds is 5. The molecule has 1 aromatic rings. The van der Waals surface area contributed by atoms with E-state index in [0.717, 1.165) is 6.07 Å². The molecule has 1 aromatic carbocycles. The summed E-state index contributed by atoms with van der Waals surface area (Å²) in [5.74, 6) is -0.335. The molecule has 18 heavy (non-hydrogen) atoms. The molecule has 0 radical (unpaired) electrons. The molecule has 1 N–H and O–H groups in total. The minimum Gasteiger partial charge on any atom is -0.480 e. The fraction of sp³-hybridized carbons (Fsp3) is 0.400. The number of nitro groups is 1. The third kappa shape index (κ3) is 3.61. The molecule has 5 nitrogen and oxygen atoms in total. The maximum atomic E-state index is 12.1. The molecule has 0 aromatic heterocycles. The molecule has 0 aliphatic rings. The van der Waals surface area contributed by atoms with E-state index in [-0.39, 0.29) is 11.3 Å². The van der Waals surface area contributed by atoms with Gasteiger partial charge in [-0.1, -0.05) is 15.9 Å². The number of nitro benzene ring substituents is 1. The Morgan fingerprint density at radius 1 is 1.56 bits per heavy atom. The van der Waals surface area contributed by atoms with Gasteiger partial charge < -0.3 is 9.84 Å². The van der Waals surface area contributed by atoms with E-state index in [1.165, 1.54) is 13.0 Å². The molecule has 0 saturated heterocycles. The molecule has 0 spiro atoms. The van der Waals surface area contributed by atoms with Crippen molar-refractivity contribution in [3.05, 3.63) is 32.3 Å². The monoisotopic (exact) mass is 325 g/mol. The second-order valence-electron chi connectivity index (χ2n) is 3.48. The second-order valence-corrected chi connectivity index (χ2v) is 4.39. The van der Waals surface area contributed by atoms with Gasteiger partial charge in [0.25, 0.3) is 6.43 Å². The number of ether oxygens (including phenoxy) is 1. The van der Waals surface area contributed by atoms with E-state index in [1.54, 1.807) is 0 Å². The summed E-state index contributed by atoms with van der Waals surface area (Å²) in [7, 11) is 0. The van der Waals surface area contributed by atoms with Gasteiger partial charge in [-0.3, -0.25) is 10.1 Å². The van der Waals surface area contributed by atoms with Crippen molar-refractivity contribution >= 4 is 21.6 Å². The Bertz CT molecular complexity index is 454. The van der Waals surface area contributed by atoms with Crippen molar-refractivity contribution in [2.75, 3.05) is 6.61 Å². The Labute approximate surface area is 110 Å². The summed E-state index contributed by atoms with van der Waals surface area (Å²) in [5, 5.41) is 20.3. The van der Waals surface area contributed by atoms with Crippen molar-refractivity contribution < 1.29 is 23.5 Å². The zero-order valence-electron chi connectivity index (χ0n) is 9.27. The van der Waals surface area contributed by atoms with Crippen LogP contribution in [0, 0.1) is 10.1 Å². The van der Waals surface area contributed by atoms with Gasteiger partial charge in [-0.25, -0.2) is 8.78 Å². The zero-order valence-corrected chi connectivity index (χ0v) is 10.9. The van der Waals surface area contributed by atoms with Crippen molar-refractivity contribution in [1.82, 2.24) is 0 Å². The summed E-state index contributed by atoms with van der Waals surface area (Å²) >= 11 is 3.04. The average molecular weight is 326 g/mol. The first-order valence-electron chi connectivity index (χ1n) is 4.89. The van der Waals surface area contributed by atoms with Crippen LogP contribution in [0.2, 0.25) is 0 Å². The minimum absolute atomic E-state index is 0.0803. The van der Waals surface area contributed by atoms with Gasteiger partial charge in [-0.05, 0) is 13.0 Å². The summed E-state index contributed by atoms with van der Waals surface area (Å²) in [6.45, 7) is 0.392. The van der Waals surface area contributed by atoms with Gasteiger partial charge >= 0.3 is 5.69 Å². The Balaban J connectivity index is 3.27. The second kappa shape index (κ2) is 6.05. The lowest BCUT2D eigenvalue weighted by atomic mass is 10.1.